The first kappa shape index (κ1) is 16.8. The lowest BCUT2D eigenvalue weighted by Gasteiger charge is -2.58. The Bertz CT molecular complexity index is 547. The van der Waals surface area contributed by atoms with Crippen molar-refractivity contribution in [1.82, 2.24) is 0 Å². The van der Waals surface area contributed by atoms with E-state index in [0.717, 1.165) is 31.3 Å². The predicted octanol–water partition coefficient (Wildman–Crippen LogP) is 4.02. The second-order valence-corrected chi connectivity index (χ2v) is 8.19. The van der Waals surface area contributed by atoms with Gasteiger partial charge in [0.25, 0.3) is 0 Å². The minimum Gasteiger partial charge on any atom is -0.458 e. The molecule has 2 aliphatic carbocycles. The Balaban J connectivity index is 1.84. The molecule has 0 amide bonds. The summed E-state index contributed by atoms with van der Waals surface area (Å²) >= 11 is 0. The second-order valence-electron chi connectivity index (χ2n) is 8.19. The van der Waals surface area contributed by atoms with Crippen molar-refractivity contribution < 1.29 is 14.6 Å². The van der Waals surface area contributed by atoms with Crippen LogP contribution in [-0.2, 0) is 9.53 Å². The van der Waals surface area contributed by atoms with Gasteiger partial charge in [0.15, 0.2) is 0 Å². The van der Waals surface area contributed by atoms with Crippen LogP contribution in [-0.4, -0.2) is 24.3 Å². The third-order valence-corrected chi connectivity index (χ3v) is 7.29. The monoisotopic (exact) mass is 318 g/mol. The minimum atomic E-state index is -0.192. The van der Waals surface area contributed by atoms with Gasteiger partial charge >= 0.3 is 5.97 Å². The fraction of sp³-hybridized carbons (Fsp3) is 0.750. The van der Waals surface area contributed by atoms with Crippen LogP contribution in [0.1, 0.15) is 59.3 Å². The highest BCUT2D eigenvalue weighted by Crippen LogP contribution is 2.61. The summed E-state index contributed by atoms with van der Waals surface area (Å²) in [6, 6.07) is 0. The topological polar surface area (TPSA) is 46.5 Å². The molecule has 1 saturated carbocycles. The van der Waals surface area contributed by atoms with E-state index in [2.05, 4.69) is 26.8 Å². The summed E-state index contributed by atoms with van der Waals surface area (Å²) in [4.78, 5) is 11.3. The number of aliphatic hydroxyl groups is 1. The van der Waals surface area contributed by atoms with Crippen molar-refractivity contribution in [2.24, 2.45) is 22.7 Å². The van der Waals surface area contributed by atoms with Crippen LogP contribution in [0.2, 0.25) is 0 Å². The summed E-state index contributed by atoms with van der Waals surface area (Å²) < 4.78 is 5.05. The summed E-state index contributed by atoms with van der Waals surface area (Å²) in [5.41, 5.74) is 2.72. The van der Waals surface area contributed by atoms with Crippen molar-refractivity contribution in [3.05, 3.63) is 23.3 Å². The Morgan fingerprint density at radius 3 is 2.83 bits per heavy atom. The largest absolute Gasteiger partial charge is 0.458 e. The van der Waals surface area contributed by atoms with Crippen molar-refractivity contribution in [2.75, 3.05) is 13.2 Å². The van der Waals surface area contributed by atoms with Crippen LogP contribution in [0, 0.1) is 22.7 Å². The smallest absolute Gasteiger partial charge is 0.331 e. The zero-order chi connectivity index (χ0) is 16.7. The van der Waals surface area contributed by atoms with E-state index in [4.69, 9.17) is 4.74 Å². The van der Waals surface area contributed by atoms with Crippen LogP contribution in [0.25, 0.3) is 0 Å². The normalized spacial score (nSPS) is 40.3. The predicted molar refractivity (Wildman–Crippen MR) is 90.8 cm³/mol. The number of esters is 1. The van der Waals surface area contributed by atoms with Gasteiger partial charge in [-0.1, -0.05) is 25.5 Å². The van der Waals surface area contributed by atoms with E-state index in [1.54, 1.807) is 6.08 Å². The molecule has 0 unspecified atom stereocenters. The number of hydrogen-bond acceptors (Lipinski definition) is 3. The van der Waals surface area contributed by atoms with Gasteiger partial charge in [-0.05, 0) is 68.3 Å². The van der Waals surface area contributed by atoms with Crippen molar-refractivity contribution in [3.63, 3.8) is 0 Å². The van der Waals surface area contributed by atoms with E-state index < -0.39 is 0 Å². The van der Waals surface area contributed by atoms with Gasteiger partial charge in [0, 0.05) is 11.5 Å². The lowest BCUT2D eigenvalue weighted by Crippen LogP contribution is -2.52. The molecule has 1 heterocycles. The molecule has 1 fully saturated rings. The molecule has 128 valence electrons. The van der Waals surface area contributed by atoms with Gasteiger partial charge < -0.3 is 9.84 Å². The summed E-state index contributed by atoms with van der Waals surface area (Å²) in [7, 11) is 0. The summed E-state index contributed by atoms with van der Waals surface area (Å²) in [5, 5.41) is 10.3. The molecule has 0 saturated heterocycles. The van der Waals surface area contributed by atoms with Gasteiger partial charge in [-0.2, -0.15) is 0 Å². The van der Waals surface area contributed by atoms with Crippen molar-refractivity contribution >= 4 is 5.97 Å². The molecule has 1 N–H and O–H groups in total. The number of rotatable bonds is 4. The maximum atomic E-state index is 11.3. The Kier molecular flexibility index (Phi) is 4.43. The number of hydrogen-bond donors (Lipinski definition) is 1. The van der Waals surface area contributed by atoms with E-state index in [1.807, 2.05) is 0 Å². The SMILES string of the molecule is CC1=CCC[C@H]2[C@]1(CO)CC[C@@H](C)[C@@]2(C)CCC1=CC(=O)OC1. The zero-order valence-electron chi connectivity index (χ0n) is 14.7. The van der Waals surface area contributed by atoms with Crippen LogP contribution in [0.15, 0.2) is 23.3 Å². The lowest BCUT2D eigenvalue weighted by atomic mass is 9.46. The Hall–Kier alpha value is -1.09. The number of fused-ring (bicyclic) bond motifs is 1. The van der Waals surface area contributed by atoms with E-state index >= 15 is 0 Å². The molecule has 0 bridgehead atoms. The van der Waals surface area contributed by atoms with Gasteiger partial charge in [0.2, 0.25) is 0 Å². The molecular weight excluding hydrogens is 288 g/mol. The molecule has 0 spiro atoms. The molecular formula is C20H30O3. The van der Waals surface area contributed by atoms with Crippen molar-refractivity contribution in [2.45, 2.75) is 59.3 Å². The molecule has 4 atom stereocenters. The van der Waals surface area contributed by atoms with E-state index in [1.165, 1.54) is 18.4 Å². The molecule has 3 rings (SSSR count). The van der Waals surface area contributed by atoms with Gasteiger partial charge in [-0.15, -0.1) is 0 Å². The van der Waals surface area contributed by atoms with Gasteiger partial charge in [-0.3, -0.25) is 0 Å². The number of ether oxygens (including phenoxy) is 1. The quantitative estimate of drug-likeness (QED) is 0.629. The van der Waals surface area contributed by atoms with Gasteiger partial charge in [-0.25, -0.2) is 4.79 Å². The van der Waals surface area contributed by atoms with Crippen LogP contribution >= 0.6 is 0 Å². The average Bonchev–Trinajstić information content (AvgIpc) is 2.96. The maximum Gasteiger partial charge on any atom is 0.331 e. The standard InChI is InChI=1S/C20H30O3/c1-14-7-10-20(13-21)15(2)5-4-6-17(20)19(14,3)9-8-16-11-18(22)23-12-16/h5,11,14,17,21H,4,6-10,12-13H2,1-3H3/t14-,17-,19-,20+/m1/s1. The van der Waals surface area contributed by atoms with Crippen LogP contribution < -0.4 is 0 Å². The molecule has 1 aliphatic heterocycles. The zero-order valence-corrected chi connectivity index (χ0v) is 14.7. The highest BCUT2D eigenvalue weighted by atomic mass is 16.5. The summed E-state index contributed by atoms with van der Waals surface area (Å²) in [5.74, 6) is 0.993. The fourth-order valence-electron chi connectivity index (χ4n) is 5.42. The molecule has 3 heteroatoms. The molecule has 23 heavy (non-hydrogen) atoms. The van der Waals surface area contributed by atoms with E-state index in [0.29, 0.717) is 18.4 Å². The molecule has 3 nitrogen and oxygen atoms in total. The summed E-state index contributed by atoms with van der Waals surface area (Å²) in [6.07, 6.45) is 10.6. The number of carbonyl (C=O) groups is 1. The molecule has 3 aliphatic rings. The third-order valence-electron chi connectivity index (χ3n) is 7.29. The molecule has 0 radical (unpaired) electrons. The molecule has 0 aromatic heterocycles. The Morgan fingerprint density at radius 2 is 2.17 bits per heavy atom. The van der Waals surface area contributed by atoms with Crippen LogP contribution in [0.3, 0.4) is 0 Å². The first-order valence-electron chi connectivity index (χ1n) is 9.07. The second kappa shape index (κ2) is 6.08. The van der Waals surface area contributed by atoms with Gasteiger partial charge in [0.1, 0.15) is 6.61 Å². The third kappa shape index (κ3) is 2.67. The highest BCUT2D eigenvalue weighted by Gasteiger charge is 2.54. The van der Waals surface area contributed by atoms with Crippen LogP contribution in [0.5, 0.6) is 0 Å². The molecule has 0 aromatic rings. The Morgan fingerprint density at radius 1 is 1.39 bits per heavy atom. The number of cyclic esters (lactones) is 1. The number of allylic oxidation sites excluding steroid dienone is 1. The fourth-order valence-corrected chi connectivity index (χ4v) is 5.42. The lowest BCUT2D eigenvalue weighted by molar-refractivity contribution is -0.134. The first-order chi connectivity index (χ1) is 10.9. The number of carbonyl (C=O) groups excluding carboxylic acids is 1. The maximum absolute atomic E-state index is 11.3. The van der Waals surface area contributed by atoms with E-state index in [9.17, 15) is 9.90 Å². The molecule has 0 aromatic carbocycles. The minimum absolute atomic E-state index is 0.0180. The average molecular weight is 318 g/mol. The number of aliphatic hydroxyl groups excluding tert-OH is 1. The summed E-state index contributed by atoms with van der Waals surface area (Å²) in [6.45, 7) is 7.75. The van der Waals surface area contributed by atoms with Gasteiger partial charge in [0.05, 0.1) is 6.61 Å². The first-order valence-corrected chi connectivity index (χ1v) is 9.07. The van der Waals surface area contributed by atoms with Crippen molar-refractivity contribution in [3.8, 4) is 0 Å². The Labute approximate surface area is 139 Å². The van der Waals surface area contributed by atoms with Crippen LogP contribution in [0.4, 0.5) is 0 Å². The highest BCUT2D eigenvalue weighted by molar-refractivity contribution is 5.85. The van der Waals surface area contributed by atoms with Crippen molar-refractivity contribution in [1.29, 1.82) is 0 Å². The van der Waals surface area contributed by atoms with E-state index in [-0.39, 0.29) is 23.4 Å².